The number of nitrogens with zero attached hydrogens (tertiary/aromatic N) is 1. The molecule has 1 aromatic carbocycles. The first-order chi connectivity index (χ1) is 7.15. The van der Waals surface area contributed by atoms with Crippen molar-refractivity contribution in [2.24, 2.45) is 0 Å². The maximum absolute atomic E-state index is 4.28. The van der Waals surface area contributed by atoms with Gasteiger partial charge in [0.05, 0.1) is 0 Å². The summed E-state index contributed by atoms with van der Waals surface area (Å²) < 4.78 is 1.95. The van der Waals surface area contributed by atoms with Gasteiger partial charge in [-0.05, 0) is 46.6 Å². The fourth-order valence-electron chi connectivity index (χ4n) is 1.19. The highest BCUT2D eigenvalue weighted by atomic mass is 79.9. The number of thiazole rings is 1. The lowest BCUT2D eigenvalue weighted by Gasteiger charge is -2.06. The van der Waals surface area contributed by atoms with Gasteiger partial charge in [-0.3, -0.25) is 0 Å². The van der Waals surface area contributed by atoms with Gasteiger partial charge in [0.2, 0.25) is 0 Å². The van der Waals surface area contributed by atoms with E-state index in [1.807, 2.05) is 17.5 Å². The smallest absolute Gasteiger partial charge is 0.188 e. The van der Waals surface area contributed by atoms with E-state index in [0.717, 1.165) is 19.9 Å². The molecule has 78 valence electrons. The van der Waals surface area contributed by atoms with Crippen molar-refractivity contribution in [3.05, 3.63) is 38.2 Å². The predicted octanol–water partition coefficient (Wildman–Crippen LogP) is 4.72. The third kappa shape index (κ3) is 2.80. The van der Waals surface area contributed by atoms with Crippen molar-refractivity contribution < 1.29 is 0 Å². The first-order valence-electron chi connectivity index (χ1n) is 4.29. The van der Waals surface area contributed by atoms with Crippen LogP contribution < -0.4 is 5.32 Å². The summed E-state index contributed by atoms with van der Waals surface area (Å²) in [6.07, 6.45) is 0. The molecular formula is C10H8Br2N2S. The van der Waals surface area contributed by atoms with E-state index in [1.165, 1.54) is 5.56 Å². The summed E-state index contributed by atoms with van der Waals surface area (Å²) in [5, 5.41) is 6.13. The van der Waals surface area contributed by atoms with Gasteiger partial charge in [-0.15, -0.1) is 11.3 Å². The molecule has 2 aromatic rings. The third-order valence-corrected chi connectivity index (χ3v) is 3.87. The van der Waals surface area contributed by atoms with Crippen LogP contribution >= 0.6 is 43.2 Å². The Morgan fingerprint density at radius 3 is 2.73 bits per heavy atom. The summed E-state index contributed by atoms with van der Waals surface area (Å²) in [7, 11) is 0. The molecule has 1 N–H and O–H groups in total. The van der Waals surface area contributed by atoms with Crippen molar-refractivity contribution in [3.63, 3.8) is 0 Å². The lowest BCUT2D eigenvalue weighted by Crippen LogP contribution is -1.91. The SMILES string of the molecule is Cc1cc(Br)ccc1Nc1nc(Br)cs1. The molecule has 0 aliphatic rings. The van der Waals surface area contributed by atoms with Crippen LogP contribution in [0.2, 0.25) is 0 Å². The fraction of sp³-hybridized carbons (Fsp3) is 0.100. The van der Waals surface area contributed by atoms with Crippen molar-refractivity contribution in [1.29, 1.82) is 0 Å². The number of anilines is 2. The molecule has 0 spiro atoms. The van der Waals surface area contributed by atoms with Gasteiger partial charge >= 0.3 is 0 Å². The quantitative estimate of drug-likeness (QED) is 0.850. The van der Waals surface area contributed by atoms with E-state index in [0.29, 0.717) is 0 Å². The molecule has 0 bridgehead atoms. The summed E-state index contributed by atoms with van der Waals surface area (Å²) in [6, 6.07) is 6.12. The van der Waals surface area contributed by atoms with Crippen LogP contribution in [0.15, 0.2) is 32.7 Å². The van der Waals surface area contributed by atoms with Gasteiger partial charge in [0.25, 0.3) is 0 Å². The van der Waals surface area contributed by atoms with Crippen molar-refractivity contribution >= 4 is 54.0 Å². The Labute approximate surface area is 109 Å². The van der Waals surface area contributed by atoms with Gasteiger partial charge in [0, 0.05) is 15.5 Å². The Morgan fingerprint density at radius 1 is 1.33 bits per heavy atom. The molecule has 0 aliphatic heterocycles. The Morgan fingerprint density at radius 2 is 2.13 bits per heavy atom. The minimum atomic E-state index is 0.866. The Kier molecular flexibility index (Phi) is 3.43. The summed E-state index contributed by atoms with van der Waals surface area (Å²) in [5.41, 5.74) is 2.27. The maximum Gasteiger partial charge on any atom is 0.188 e. The first kappa shape index (κ1) is 11.1. The van der Waals surface area contributed by atoms with Crippen molar-refractivity contribution in [1.82, 2.24) is 4.98 Å². The van der Waals surface area contributed by atoms with Crippen molar-refractivity contribution in [2.75, 3.05) is 5.32 Å². The van der Waals surface area contributed by atoms with E-state index in [9.17, 15) is 0 Å². The average molecular weight is 348 g/mol. The highest BCUT2D eigenvalue weighted by molar-refractivity contribution is 9.10. The standard InChI is InChI=1S/C10H8Br2N2S/c1-6-4-7(11)2-3-8(6)13-10-14-9(12)5-15-10/h2-5H,1H3,(H,13,14). The Bertz CT molecular complexity index is 482. The second-order valence-electron chi connectivity index (χ2n) is 3.06. The second kappa shape index (κ2) is 4.63. The minimum Gasteiger partial charge on any atom is -0.331 e. The highest BCUT2D eigenvalue weighted by Gasteiger charge is 2.02. The van der Waals surface area contributed by atoms with Gasteiger partial charge in [-0.1, -0.05) is 15.9 Å². The Hall–Kier alpha value is -0.390. The Balaban J connectivity index is 2.24. The van der Waals surface area contributed by atoms with Crippen LogP contribution in [0.3, 0.4) is 0 Å². The molecule has 0 unspecified atom stereocenters. The molecule has 1 heterocycles. The van der Waals surface area contributed by atoms with Crippen LogP contribution in [0.25, 0.3) is 0 Å². The van der Waals surface area contributed by atoms with Crippen LogP contribution in [0.5, 0.6) is 0 Å². The molecule has 0 amide bonds. The number of nitrogens with one attached hydrogen (secondary N) is 1. The van der Waals surface area contributed by atoms with Crippen molar-refractivity contribution in [2.45, 2.75) is 6.92 Å². The van der Waals surface area contributed by atoms with E-state index in [2.05, 4.69) is 55.2 Å². The summed E-state index contributed by atoms with van der Waals surface area (Å²) in [6.45, 7) is 2.07. The molecule has 15 heavy (non-hydrogen) atoms. The second-order valence-corrected chi connectivity index (χ2v) is 5.65. The number of halogens is 2. The zero-order valence-electron chi connectivity index (χ0n) is 7.92. The number of rotatable bonds is 2. The molecule has 0 saturated carbocycles. The van der Waals surface area contributed by atoms with Gasteiger partial charge in [0.15, 0.2) is 5.13 Å². The van der Waals surface area contributed by atoms with Crippen LogP contribution in [0.4, 0.5) is 10.8 Å². The number of hydrogen-bond acceptors (Lipinski definition) is 3. The van der Waals surface area contributed by atoms with Gasteiger partial charge < -0.3 is 5.32 Å². The molecule has 0 radical (unpaired) electrons. The number of aromatic nitrogens is 1. The van der Waals surface area contributed by atoms with Crippen LogP contribution in [0.1, 0.15) is 5.56 Å². The number of hydrogen-bond donors (Lipinski definition) is 1. The predicted molar refractivity (Wildman–Crippen MR) is 72.0 cm³/mol. The van der Waals surface area contributed by atoms with E-state index >= 15 is 0 Å². The molecule has 0 saturated heterocycles. The fourth-order valence-corrected chi connectivity index (χ4v) is 2.83. The maximum atomic E-state index is 4.28. The summed E-state index contributed by atoms with van der Waals surface area (Å²) in [5.74, 6) is 0. The third-order valence-electron chi connectivity index (χ3n) is 1.91. The van der Waals surface area contributed by atoms with Gasteiger partial charge in [0.1, 0.15) is 4.60 Å². The van der Waals surface area contributed by atoms with Crippen LogP contribution in [0, 0.1) is 6.92 Å². The zero-order valence-corrected chi connectivity index (χ0v) is 11.9. The number of aryl methyl sites for hydroxylation is 1. The van der Waals surface area contributed by atoms with E-state index in [-0.39, 0.29) is 0 Å². The van der Waals surface area contributed by atoms with E-state index in [4.69, 9.17) is 0 Å². The zero-order chi connectivity index (χ0) is 10.8. The largest absolute Gasteiger partial charge is 0.331 e. The van der Waals surface area contributed by atoms with E-state index < -0.39 is 0 Å². The number of benzene rings is 1. The molecule has 2 nitrogen and oxygen atoms in total. The molecule has 0 aliphatic carbocycles. The van der Waals surface area contributed by atoms with Gasteiger partial charge in [-0.25, -0.2) is 4.98 Å². The molecule has 2 rings (SSSR count). The molecule has 0 atom stereocenters. The molecular weight excluding hydrogens is 340 g/mol. The lowest BCUT2D eigenvalue weighted by molar-refractivity contribution is 1.33. The summed E-state index contributed by atoms with van der Waals surface area (Å²) >= 11 is 8.34. The molecule has 5 heteroatoms. The first-order valence-corrected chi connectivity index (χ1v) is 6.76. The van der Waals surface area contributed by atoms with E-state index in [1.54, 1.807) is 11.3 Å². The normalized spacial score (nSPS) is 10.3. The van der Waals surface area contributed by atoms with Crippen LogP contribution in [-0.2, 0) is 0 Å². The molecule has 1 aromatic heterocycles. The van der Waals surface area contributed by atoms with Crippen molar-refractivity contribution in [3.8, 4) is 0 Å². The lowest BCUT2D eigenvalue weighted by atomic mass is 10.2. The monoisotopic (exact) mass is 346 g/mol. The van der Waals surface area contributed by atoms with Gasteiger partial charge in [-0.2, -0.15) is 0 Å². The molecule has 0 fully saturated rings. The topological polar surface area (TPSA) is 24.9 Å². The minimum absolute atomic E-state index is 0.866. The average Bonchev–Trinajstić information content (AvgIpc) is 2.56. The van der Waals surface area contributed by atoms with Crippen LogP contribution in [-0.4, -0.2) is 4.98 Å². The highest BCUT2D eigenvalue weighted by Crippen LogP contribution is 2.26. The summed E-state index contributed by atoms with van der Waals surface area (Å²) in [4.78, 5) is 4.28.